The summed E-state index contributed by atoms with van der Waals surface area (Å²) >= 11 is 14.0. The van der Waals surface area contributed by atoms with E-state index in [4.69, 9.17) is 37.4 Å². The van der Waals surface area contributed by atoms with Gasteiger partial charge in [-0.05, 0) is 132 Å². The first-order valence-electron chi connectivity index (χ1n) is 21.2. The predicted octanol–water partition coefficient (Wildman–Crippen LogP) is 11.3. The molecule has 0 fully saturated rings. The van der Waals surface area contributed by atoms with E-state index in [2.05, 4.69) is 161 Å². The molecule has 8 heteroatoms. The second-order valence-corrected chi connectivity index (χ2v) is 22.3. The number of halogens is 2. The minimum Gasteiger partial charge on any atom is -0.458 e. The van der Waals surface area contributed by atoms with Crippen molar-refractivity contribution in [1.29, 1.82) is 0 Å². The van der Waals surface area contributed by atoms with Gasteiger partial charge in [0.15, 0.2) is 0 Å². The van der Waals surface area contributed by atoms with Gasteiger partial charge in [0.05, 0.1) is 0 Å². The molecule has 4 aliphatic heterocycles. The highest BCUT2D eigenvalue weighted by Gasteiger charge is 2.47. The van der Waals surface area contributed by atoms with Gasteiger partial charge in [0.25, 0.3) is 13.4 Å². The van der Waals surface area contributed by atoms with Gasteiger partial charge in [-0.2, -0.15) is 0 Å². The van der Waals surface area contributed by atoms with Crippen LogP contribution in [0.5, 0.6) is 34.5 Å². The quantitative estimate of drug-likeness (QED) is 0.154. The summed E-state index contributed by atoms with van der Waals surface area (Å²) < 4.78 is 20.7. The highest BCUT2D eigenvalue weighted by Crippen LogP contribution is 2.46. The van der Waals surface area contributed by atoms with Gasteiger partial charge in [0.1, 0.15) is 34.5 Å². The Hall–Kier alpha value is -4.77. The maximum Gasteiger partial charge on any atom is 0.260 e. The first-order chi connectivity index (χ1) is 28.0. The molecule has 6 aromatic carbocycles. The topological polar surface area (TPSA) is 30.9 Å². The minimum atomic E-state index is -0.153. The minimum absolute atomic E-state index is 0.0556. The van der Waals surface area contributed by atoms with Crippen molar-refractivity contribution < 1.29 is 14.2 Å². The van der Waals surface area contributed by atoms with Crippen LogP contribution >= 0.6 is 23.2 Å². The molecule has 4 aliphatic rings. The third kappa shape index (κ3) is 6.18. The fourth-order valence-corrected chi connectivity index (χ4v) is 9.88. The molecule has 0 atom stereocenters. The maximum absolute atomic E-state index is 7.16. The zero-order chi connectivity index (χ0) is 42.6. The number of ether oxygens (including phenoxy) is 3. The van der Waals surface area contributed by atoms with Gasteiger partial charge in [0.2, 0.25) is 0 Å². The second kappa shape index (κ2) is 12.9. The third-order valence-corrected chi connectivity index (χ3v) is 13.4. The summed E-state index contributed by atoms with van der Waals surface area (Å²) in [7, 11) is 0. The summed E-state index contributed by atoms with van der Waals surface area (Å²) in [5, 5.41) is 1.20. The molecule has 6 aromatic rings. The van der Waals surface area contributed by atoms with E-state index in [0.717, 1.165) is 84.3 Å². The molecule has 4 nitrogen and oxygen atoms in total. The lowest BCUT2D eigenvalue weighted by molar-refractivity contribution is 0.463. The fourth-order valence-electron chi connectivity index (χ4n) is 9.48. The summed E-state index contributed by atoms with van der Waals surface area (Å²) in [5.41, 5.74) is 14.3. The Morgan fingerprint density at radius 1 is 0.383 bits per heavy atom. The number of rotatable bonds is 1. The van der Waals surface area contributed by atoms with Gasteiger partial charge in [-0.15, -0.1) is 0 Å². The Morgan fingerprint density at radius 3 is 1.30 bits per heavy atom. The first-order valence-corrected chi connectivity index (χ1v) is 21.9. The van der Waals surface area contributed by atoms with Gasteiger partial charge < -0.3 is 19.1 Å². The molecule has 0 bridgehead atoms. The van der Waals surface area contributed by atoms with E-state index in [0.29, 0.717) is 10.0 Å². The van der Waals surface area contributed by atoms with E-state index in [-0.39, 0.29) is 35.1 Å². The van der Waals surface area contributed by atoms with Crippen molar-refractivity contribution in [3.63, 3.8) is 0 Å². The molecule has 302 valence electrons. The van der Waals surface area contributed by atoms with Gasteiger partial charge >= 0.3 is 0 Å². The van der Waals surface area contributed by atoms with E-state index in [1.54, 1.807) is 0 Å². The van der Waals surface area contributed by atoms with Gasteiger partial charge in [-0.25, -0.2) is 0 Å². The zero-order valence-electron chi connectivity index (χ0n) is 36.7. The van der Waals surface area contributed by atoms with E-state index < -0.39 is 0 Å². The van der Waals surface area contributed by atoms with Crippen LogP contribution in [0.3, 0.4) is 0 Å². The first kappa shape index (κ1) is 39.4. The number of benzene rings is 6. The van der Waals surface area contributed by atoms with Crippen LogP contribution in [-0.4, -0.2) is 13.4 Å². The summed E-state index contributed by atoms with van der Waals surface area (Å²) in [4.78, 5) is 2.43. The Bertz CT molecular complexity index is 2810. The second-order valence-electron chi connectivity index (χ2n) is 21.4. The molecule has 0 saturated carbocycles. The SMILES string of the molecule is CC(C)(C)c1cc(N2c3cc4c(cc3B3c5ccc(C(C)(C)C)cc5Oc5cc(Cl)cc2c53)Oc2cc(Cl)cc3c2B4c2ccc(C(C)(C)C)cc2O3)cc(C(C)(C)C)c1. The van der Waals surface area contributed by atoms with E-state index in [9.17, 15) is 0 Å². The number of fused-ring (bicyclic) bond motifs is 8. The lowest BCUT2D eigenvalue weighted by Gasteiger charge is -2.42. The van der Waals surface area contributed by atoms with Crippen LogP contribution in [0.2, 0.25) is 10.0 Å². The van der Waals surface area contributed by atoms with Crippen LogP contribution < -0.4 is 51.9 Å². The van der Waals surface area contributed by atoms with Crippen molar-refractivity contribution in [3.05, 3.63) is 123 Å². The molecule has 0 aromatic heterocycles. The van der Waals surface area contributed by atoms with Crippen LogP contribution in [0.25, 0.3) is 0 Å². The third-order valence-electron chi connectivity index (χ3n) is 12.9. The summed E-state index contributed by atoms with van der Waals surface area (Å²) in [6, 6.07) is 33.2. The number of anilines is 3. The summed E-state index contributed by atoms with van der Waals surface area (Å²) in [6.07, 6.45) is 0. The lowest BCUT2D eigenvalue weighted by atomic mass is 9.32. The predicted molar refractivity (Wildman–Crippen MR) is 255 cm³/mol. The molecule has 4 heterocycles. The molecule has 0 aliphatic carbocycles. The van der Waals surface area contributed by atoms with Crippen molar-refractivity contribution in [2.24, 2.45) is 0 Å². The van der Waals surface area contributed by atoms with Crippen LogP contribution in [0, 0.1) is 0 Å². The normalized spacial score (nSPS) is 14.8. The van der Waals surface area contributed by atoms with Crippen molar-refractivity contribution in [2.45, 2.75) is 105 Å². The van der Waals surface area contributed by atoms with Crippen molar-refractivity contribution in [1.82, 2.24) is 0 Å². The van der Waals surface area contributed by atoms with Gasteiger partial charge in [-0.3, -0.25) is 0 Å². The standard InChI is InChI=1S/C52H51B2Cl2NO3/c1-49(2,3)28-13-15-35-41(20-28)58-44-23-32(55)22-40-47(44)53(35)37-27-43-38(26-39(37)57(40)34-18-30(51(7,8)9)17-31(19-34)52(10,11)12)54-36-16-14-29(50(4,5)6)21-42(36)59-45-24-33(56)25-46(60-43)48(45)54/h13-27H,1-12H3. The largest absolute Gasteiger partial charge is 0.458 e. The van der Waals surface area contributed by atoms with Crippen molar-refractivity contribution in [2.75, 3.05) is 4.90 Å². The highest BCUT2D eigenvalue weighted by atomic mass is 35.5. The Kier molecular flexibility index (Phi) is 8.45. The molecule has 0 amide bonds. The highest BCUT2D eigenvalue weighted by molar-refractivity contribution is 7.01. The van der Waals surface area contributed by atoms with Crippen molar-refractivity contribution in [3.8, 4) is 34.5 Å². The number of hydrogen-bond donors (Lipinski definition) is 0. The molecule has 0 unspecified atom stereocenters. The molecule has 60 heavy (non-hydrogen) atoms. The average Bonchev–Trinajstić information content (AvgIpc) is 3.14. The summed E-state index contributed by atoms with van der Waals surface area (Å²) in [5.74, 6) is 4.72. The van der Waals surface area contributed by atoms with Gasteiger partial charge in [-0.1, -0.05) is 137 Å². The van der Waals surface area contributed by atoms with Crippen molar-refractivity contribution >= 4 is 86.5 Å². The molecular weight excluding hydrogens is 779 g/mol. The van der Waals surface area contributed by atoms with E-state index in [1.807, 2.05) is 18.2 Å². The van der Waals surface area contributed by atoms with Gasteiger partial charge in [0, 0.05) is 32.6 Å². The Labute approximate surface area is 366 Å². The van der Waals surface area contributed by atoms with Crippen LogP contribution in [0.4, 0.5) is 17.1 Å². The molecule has 0 saturated heterocycles. The summed E-state index contributed by atoms with van der Waals surface area (Å²) in [6.45, 7) is 26.9. The molecule has 0 radical (unpaired) electrons. The number of hydrogen-bond acceptors (Lipinski definition) is 4. The molecular formula is C52H51B2Cl2NO3. The zero-order valence-corrected chi connectivity index (χ0v) is 38.3. The van der Waals surface area contributed by atoms with E-state index >= 15 is 0 Å². The molecule has 0 spiro atoms. The average molecular weight is 831 g/mol. The Morgan fingerprint density at radius 2 is 0.817 bits per heavy atom. The monoisotopic (exact) mass is 829 g/mol. The van der Waals surface area contributed by atoms with E-state index in [1.165, 1.54) is 22.3 Å². The van der Waals surface area contributed by atoms with Crippen LogP contribution in [-0.2, 0) is 21.7 Å². The molecule has 0 N–H and O–H groups in total. The smallest absolute Gasteiger partial charge is 0.260 e. The Balaban J connectivity index is 1.29. The maximum atomic E-state index is 7.16. The molecule has 10 rings (SSSR count). The lowest BCUT2D eigenvalue weighted by Crippen LogP contribution is -2.62. The fraction of sp³-hybridized carbons (Fsp3) is 0.308. The van der Waals surface area contributed by atoms with Crippen LogP contribution in [0.1, 0.15) is 105 Å². The number of nitrogens with zero attached hydrogens (tertiary/aromatic N) is 1. The van der Waals surface area contributed by atoms with Crippen LogP contribution in [0.15, 0.2) is 91.0 Å².